The maximum absolute atomic E-state index is 11.7. The number of aromatic nitrogens is 2. The van der Waals surface area contributed by atoms with Crippen LogP contribution in [0, 0.1) is 0 Å². The first-order valence-electron chi connectivity index (χ1n) is 4.87. The van der Waals surface area contributed by atoms with Crippen molar-refractivity contribution in [3.63, 3.8) is 0 Å². The van der Waals surface area contributed by atoms with Crippen molar-refractivity contribution in [2.45, 2.75) is 0 Å². The summed E-state index contributed by atoms with van der Waals surface area (Å²) in [4.78, 5) is 28.6. The molecule has 0 unspecified atom stereocenters. The highest BCUT2D eigenvalue weighted by Crippen LogP contribution is 2.12. The van der Waals surface area contributed by atoms with Crippen LogP contribution in [-0.2, 0) is 0 Å². The number of anilines is 2. The Hall–Kier alpha value is -2.63. The summed E-state index contributed by atoms with van der Waals surface area (Å²) in [5.74, 6) is -0.410. The summed E-state index contributed by atoms with van der Waals surface area (Å²) in [6, 6.07) is 6.78. The zero-order valence-electron chi connectivity index (χ0n) is 8.81. The SMILES string of the molecule is Nc1cccc(NC(=O)c2c[nH]c(=O)cn2)c1. The van der Waals surface area contributed by atoms with Crippen LogP contribution in [0.5, 0.6) is 0 Å². The Kier molecular flexibility index (Phi) is 2.87. The van der Waals surface area contributed by atoms with Crippen LogP contribution >= 0.6 is 0 Å². The van der Waals surface area contributed by atoms with E-state index >= 15 is 0 Å². The number of amides is 1. The van der Waals surface area contributed by atoms with Gasteiger partial charge in [-0.25, -0.2) is 4.98 Å². The van der Waals surface area contributed by atoms with Crippen LogP contribution in [0.1, 0.15) is 10.5 Å². The molecule has 0 fully saturated rings. The molecule has 0 aliphatic rings. The van der Waals surface area contributed by atoms with Crippen molar-refractivity contribution in [3.05, 3.63) is 52.7 Å². The zero-order valence-corrected chi connectivity index (χ0v) is 8.81. The molecule has 4 N–H and O–H groups in total. The third-order valence-corrected chi connectivity index (χ3v) is 2.05. The van der Waals surface area contributed by atoms with Crippen molar-refractivity contribution in [2.24, 2.45) is 0 Å². The third kappa shape index (κ3) is 2.69. The van der Waals surface area contributed by atoms with Crippen molar-refractivity contribution in [1.82, 2.24) is 9.97 Å². The Balaban J connectivity index is 2.17. The third-order valence-electron chi connectivity index (χ3n) is 2.05. The van der Waals surface area contributed by atoms with E-state index in [2.05, 4.69) is 15.3 Å². The molecular weight excluding hydrogens is 220 g/mol. The Morgan fingerprint density at radius 1 is 1.41 bits per heavy atom. The van der Waals surface area contributed by atoms with Gasteiger partial charge in [0.15, 0.2) is 0 Å². The average molecular weight is 230 g/mol. The molecule has 0 saturated carbocycles. The molecule has 0 atom stereocenters. The number of rotatable bonds is 2. The van der Waals surface area contributed by atoms with Crippen LogP contribution in [0.3, 0.4) is 0 Å². The molecule has 2 aromatic rings. The van der Waals surface area contributed by atoms with Gasteiger partial charge in [-0.05, 0) is 18.2 Å². The average Bonchev–Trinajstić information content (AvgIpc) is 2.29. The number of H-pyrrole nitrogens is 1. The predicted octanol–water partition coefficient (Wildman–Crippen LogP) is 0.604. The van der Waals surface area contributed by atoms with Gasteiger partial charge < -0.3 is 16.0 Å². The highest BCUT2D eigenvalue weighted by Gasteiger charge is 2.07. The van der Waals surface area contributed by atoms with Crippen LogP contribution in [-0.4, -0.2) is 15.9 Å². The van der Waals surface area contributed by atoms with E-state index in [4.69, 9.17) is 5.73 Å². The molecule has 86 valence electrons. The van der Waals surface area contributed by atoms with Crippen molar-refractivity contribution in [2.75, 3.05) is 11.1 Å². The maximum Gasteiger partial charge on any atom is 0.275 e. The summed E-state index contributed by atoms with van der Waals surface area (Å²) in [5.41, 5.74) is 6.48. The number of nitrogens with one attached hydrogen (secondary N) is 2. The molecule has 0 saturated heterocycles. The maximum atomic E-state index is 11.7. The van der Waals surface area contributed by atoms with E-state index in [1.54, 1.807) is 24.3 Å². The van der Waals surface area contributed by atoms with Crippen molar-refractivity contribution in [3.8, 4) is 0 Å². The molecular formula is C11H10N4O2. The van der Waals surface area contributed by atoms with Gasteiger partial charge in [-0.15, -0.1) is 0 Å². The van der Waals surface area contributed by atoms with E-state index in [0.717, 1.165) is 6.20 Å². The number of hydrogen-bond donors (Lipinski definition) is 3. The first-order chi connectivity index (χ1) is 8.15. The van der Waals surface area contributed by atoms with E-state index < -0.39 is 5.91 Å². The van der Waals surface area contributed by atoms with Crippen LogP contribution < -0.4 is 16.6 Å². The Morgan fingerprint density at radius 3 is 2.88 bits per heavy atom. The van der Waals surface area contributed by atoms with Gasteiger partial charge in [-0.3, -0.25) is 9.59 Å². The minimum absolute atomic E-state index is 0.132. The number of hydrogen-bond acceptors (Lipinski definition) is 4. The number of nitrogens with two attached hydrogens (primary N) is 1. The second-order valence-electron chi connectivity index (χ2n) is 3.38. The number of benzene rings is 1. The Labute approximate surface area is 96.5 Å². The van der Waals surface area contributed by atoms with Gasteiger partial charge in [-0.1, -0.05) is 6.07 Å². The predicted molar refractivity (Wildman–Crippen MR) is 63.7 cm³/mol. The summed E-state index contributed by atoms with van der Waals surface area (Å²) in [6.45, 7) is 0. The van der Waals surface area contributed by atoms with Gasteiger partial charge in [0.2, 0.25) is 0 Å². The molecule has 6 heteroatoms. The number of nitrogens with zero attached hydrogens (tertiary/aromatic N) is 1. The summed E-state index contributed by atoms with van der Waals surface area (Å²) in [5, 5.41) is 2.62. The van der Waals surface area contributed by atoms with Gasteiger partial charge in [0, 0.05) is 17.6 Å². The molecule has 1 heterocycles. The number of nitrogen functional groups attached to an aromatic ring is 1. The van der Waals surface area contributed by atoms with E-state index in [-0.39, 0.29) is 11.3 Å². The fourth-order valence-corrected chi connectivity index (χ4v) is 1.28. The second kappa shape index (κ2) is 4.48. The lowest BCUT2D eigenvalue weighted by molar-refractivity contribution is 0.102. The molecule has 1 amide bonds. The van der Waals surface area contributed by atoms with Gasteiger partial charge >= 0.3 is 0 Å². The number of aromatic amines is 1. The van der Waals surface area contributed by atoms with Crippen molar-refractivity contribution in [1.29, 1.82) is 0 Å². The highest BCUT2D eigenvalue weighted by atomic mass is 16.2. The summed E-state index contributed by atoms with van der Waals surface area (Å²) >= 11 is 0. The lowest BCUT2D eigenvalue weighted by Gasteiger charge is -2.04. The van der Waals surface area contributed by atoms with Crippen LogP contribution in [0.2, 0.25) is 0 Å². The van der Waals surface area contributed by atoms with E-state index in [9.17, 15) is 9.59 Å². The number of carbonyl (C=O) groups excluding carboxylic acids is 1. The van der Waals surface area contributed by atoms with E-state index in [0.29, 0.717) is 11.4 Å². The molecule has 6 nitrogen and oxygen atoms in total. The first kappa shape index (κ1) is 10.9. The highest BCUT2D eigenvalue weighted by molar-refractivity contribution is 6.02. The zero-order chi connectivity index (χ0) is 12.3. The van der Waals surface area contributed by atoms with Crippen LogP contribution in [0.4, 0.5) is 11.4 Å². The summed E-state index contributed by atoms with van der Waals surface area (Å²) in [7, 11) is 0. The Morgan fingerprint density at radius 2 is 2.24 bits per heavy atom. The first-order valence-corrected chi connectivity index (χ1v) is 4.87. The van der Waals surface area contributed by atoms with Crippen LogP contribution in [0.25, 0.3) is 0 Å². The molecule has 17 heavy (non-hydrogen) atoms. The lowest BCUT2D eigenvalue weighted by Crippen LogP contribution is -2.16. The van der Waals surface area contributed by atoms with Crippen molar-refractivity contribution >= 4 is 17.3 Å². The molecule has 0 aliphatic heterocycles. The molecule has 2 rings (SSSR count). The van der Waals surface area contributed by atoms with Gasteiger partial charge in [0.1, 0.15) is 5.69 Å². The Bertz CT molecular complexity index is 586. The molecule has 1 aromatic carbocycles. The minimum atomic E-state index is -0.410. The molecule has 0 radical (unpaired) electrons. The lowest BCUT2D eigenvalue weighted by atomic mass is 10.3. The molecule has 0 spiro atoms. The second-order valence-corrected chi connectivity index (χ2v) is 3.38. The standard InChI is InChI=1S/C11H10N4O2/c12-7-2-1-3-8(4-7)15-11(17)9-5-14-10(16)6-13-9/h1-6H,12H2,(H,14,16)(H,15,17). The van der Waals surface area contributed by atoms with Gasteiger partial charge in [-0.2, -0.15) is 0 Å². The fraction of sp³-hybridized carbons (Fsp3) is 0. The van der Waals surface area contributed by atoms with E-state index in [1.165, 1.54) is 6.20 Å². The molecule has 0 bridgehead atoms. The monoisotopic (exact) mass is 230 g/mol. The fourth-order valence-electron chi connectivity index (χ4n) is 1.28. The normalized spacial score (nSPS) is 9.88. The van der Waals surface area contributed by atoms with Gasteiger partial charge in [0.25, 0.3) is 11.5 Å². The van der Waals surface area contributed by atoms with Crippen molar-refractivity contribution < 1.29 is 4.79 Å². The molecule has 1 aromatic heterocycles. The van der Waals surface area contributed by atoms with E-state index in [1.807, 2.05) is 0 Å². The smallest absolute Gasteiger partial charge is 0.275 e. The summed E-state index contributed by atoms with van der Waals surface area (Å²) < 4.78 is 0. The van der Waals surface area contributed by atoms with Gasteiger partial charge in [0.05, 0.1) is 6.20 Å². The summed E-state index contributed by atoms with van der Waals surface area (Å²) in [6.07, 6.45) is 2.30. The minimum Gasteiger partial charge on any atom is -0.399 e. The quantitative estimate of drug-likeness (QED) is 0.657. The topological polar surface area (TPSA) is 101 Å². The number of carbonyl (C=O) groups is 1. The van der Waals surface area contributed by atoms with Crippen LogP contribution in [0.15, 0.2) is 41.5 Å². The molecule has 0 aliphatic carbocycles. The largest absolute Gasteiger partial charge is 0.399 e.